The van der Waals surface area contributed by atoms with Crippen LogP contribution in [-0.2, 0) is 11.3 Å². The van der Waals surface area contributed by atoms with Gasteiger partial charge in [0.05, 0.1) is 17.9 Å². The second kappa shape index (κ2) is 6.35. The topological polar surface area (TPSA) is 24.5 Å². The maximum Gasteiger partial charge on any atom is 0.146 e. The smallest absolute Gasteiger partial charge is 0.146 e. The molecule has 2 rings (SSSR count). The first-order chi connectivity index (χ1) is 9.11. The summed E-state index contributed by atoms with van der Waals surface area (Å²) in [6.45, 7) is 9.18. The molecule has 19 heavy (non-hydrogen) atoms. The highest BCUT2D eigenvalue weighted by atomic mass is 19.1. The van der Waals surface area contributed by atoms with Gasteiger partial charge >= 0.3 is 0 Å². The van der Waals surface area contributed by atoms with Gasteiger partial charge in [-0.2, -0.15) is 0 Å². The fraction of sp³-hybridized carbons (Fsp3) is 0.600. The van der Waals surface area contributed by atoms with E-state index in [2.05, 4.69) is 17.1 Å². The molecule has 2 atom stereocenters. The van der Waals surface area contributed by atoms with E-state index in [-0.39, 0.29) is 18.0 Å². The molecule has 0 bridgehead atoms. The van der Waals surface area contributed by atoms with E-state index in [1.165, 1.54) is 6.07 Å². The first-order valence-corrected chi connectivity index (χ1v) is 7.00. The first-order valence-electron chi connectivity index (χ1n) is 7.00. The monoisotopic (exact) mass is 266 g/mol. The molecule has 1 aliphatic rings. The highest BCUT2D eigenvalue weighted by Crippen LogP contribution is 2.27. The average molecular weight is 266 g/mol. The van der Waals surface area contributed by atoms with Gasteiger partial charge in [0.2, 0.25) is 0 Å². The second-order valence-corrected chi connectivity index (χ2v) is 5.19. The van der Waals surface area contributed by atoms with Crippen LogP contribution in [-0.4, -0.2) is 31.8 Å². The number of morpholine rings is 1. The molecule has 1 fully saturated rings. The predicted molar refractivity (Wildman–Crippen MR) is 76.0 cm³/mol. The molecule has 0 radical (unpaired) electrons. The van der Waals surface area contributed by atoms with Gasteiger partial charge in [-0.3, -0.25) is 0 Å². The number of nitrogens with zero attached hydrogens (tertiary/aromatic N) is 1. The normalized spacial score (nSPS) is 23.7. The van der Waals surface area contributed by atoms with E-state index in [9.17, 15) is 4.39 Å². The Hall–Kier alpha value is -1.13. The Morgan fingerprint density at radius 1 is 1.32 bits per heavy atom. The van der Waals surface area contributed by atoms with Gasteiger partial charge in [0.25, 0.3) is 0 Å². The SMILES string of the molecule is CCNCc1cccc(F)c1N1C[C@@H](C)O[C@@H](C)C1. The summed E-state index contributed by atoms with van der Waals surface area (Å²) < 4.78 is 19.9. The fourth-order valence-electron chi connectivity index (χ4n) is 2.68. The highest BCUT2D eigenvalue weighted by Gasteiger charge is 2.25. The lowest BCUT2D eigenvalue weighted by Gasteiger charge is -2.38. The maximum atomic E-state index is 14.2. The summed E-state index contributed by atoms with van der Waals surface area (Å²) in [5, 5.41) is 3.27. The van der Waals surface area contributed by atoms with Crippen molar-refractivity contribution in [2.24, 2.45) is 0 Å². The molecule has 0 amide bonds. The molecule has 0 saturated carbocycles. The number of para-hydroxylation sites is 1. The number of rotatable bonds is 4. The van der Waals surface area contributed by atoms with Crippen LogP contribution in [0.2, 0.25) is 0 Å². The van der Waals surface area contributed by atoms with E-state index in [4.69, 9.17) is 4.74 Å². The molecular formula is C15H23FN2O. The Morgan fingerprint density at radius 2 is 2.00 bits per heavy atom. The molecule has 1 aromatic carbocycles. The molecule has 1 heterocycles. The van der Waals surface area contributed by atoms with Gasteiger partial charge in [-0.25, -0.2) is 4.39 Å². The molecule has 106 valence electrons. The van der Waals surface area contributed by atoms with Crippen molar-refractivity contribution in [3.63, 3.8) is 0 Å². The number of hydrogen-bond acceptors (Lipinski definition) is 3. The molecular weight excluding hydrogens is 243 g/mol. The van der Waals surface area contributed by atoms with Crippen LogP contribution >= 0.6 is 0 Å². The molecule has 1 aromatic rings. The second-order valence-electron chi connectivity index (χ2n) is 5.19. The minimum absolute atomic E-state index is 0.135. The van der Waals surface area contributed by atoms with Crippen molar-refractivity contribution in [3.8, 4) is 0 Å². The molecule has 0 aromatic heterocycles. The van der Waals surface area contributed by atoms with Crippen LogP contribution in [0.1, 0.15) is 26.3 Å². The van der Waals surface area contributed by atoms with E-state index >= 15 is 0 Å². The maximum absolute atomic E-state index is 14.2. The lowest BCUT2D eigenvalue weighted by molar-refractivity contribution is -0.00544. The zero-order valence-electron chi connectivity index (χ0n) is 11.9. The van der Waals surface area contributed by atoms with Crippen molar-refractivity contribution in [2.75, 3.05) is 24.5 Å². The number of ether oxygens (including phenoxy) is 1. The van der Waals surface area contributed by atoms with Crippen molar-refractivity contribution >= 4 is 5.69 Å². The van der Waals surface area contributed by atoms with Gasteiger partial charge in [-0.1, -0.05) is 19.1 Å². The Kier molecular flexibility index (Phi) is 4.77. The van der Waals surface area contributed by atoms with E-state index in [0.717, 1.165) is 30.9 Å². The summed E-state index contributed by atoms with van der Waals surface area (Å²) in [5.41, 5.74) is 1.74. The van der Waals surface area contributed by atoms with Crippen molar-refractivity contribution in [3.05, 3.63) is 29.6 Å². The van der Waals surface area contributed by atoms with Crippen molar-refractivity contribution in [2.45, 2.75) is 39.5 Å². The quantitative estimate of drug-likeness (QED) is 0.906. The zero-order valence-corrected chi connectivity index (χ0v) is 11.9. The number of benzene rings is 1. The van der Waals surface area contributed by atoms with E-state index in [0.29, 0.717) is 6.54 Å². The fourth-order valence-corrected chi connectivity index (χ4v) is 2.68. The average Bonchev–Trinajstić information content (AvgIpc) is 2.35. The van der Waals surface area contributed by atoms with Gasteiger partial charge in [-0.15, -0.1) is 0 Å². The van der Waals surface area contributed by atoms with Crippen molar-refractivity contribution in [1.29, 1.82) is 0 Å². The molecule has 1 saturated heterocycles. The summed E-state index contributed by atoms with van der Waals surface area (Å²) in [6.07, 6.45) is 0.269. The van der Waals surface area contributed by atoms with E-state index < -0.39 is 0 Å². The summed E-state index contributed by atoms with van der Waals surface area (Å²) in [7, 11) is 0. The predicted octanol–water partition coefficient (Wildman–Crippen LogP) is 2.55. The minimum atomic E-state index is -0.142. The number of hydrogen-bond donors (Lipinski definition) is 1. The standard InChI is InChI=1S/C15H23FN2O/c1-4-17-8-13-6-5-7-14(16)15(13)18-9-11(2)19-12(3)10-18/h5-7,11-12,17H,4,8-10H2,1-3H3/t11-,12+. The lowest BCUT2D eigenvalue weighted by atomic mass is 10.1. The Balaban J connectivity index is 2.26. The highest BCUT2D eigenvalue weighted by molar-refractivity contribution is 5.55. The van der Waals surface area contributed by atoms with Gasteiger partial charge < -0.3 is 15.0 Å². The van der Waals surface area contributed by atoms with E-state index in [1.54, 1.807) is 6.07 Å². The van der Waals surface area contributed by atoms with Crippen molar-refractivity contribution in [1.82, 2.24) is 5.32 Å². The van der Waals surface area contributed by atoms with Crippen molar-refractivity contribution < 1.29 is 9.13 Å². The van der Waals surface area contributed by atoms with Crippen LogP contribution < -0.4 is 10.2 Å². The molecule has 0 spiro atoms. The Morgan fingerprint density at radius 3 is 2.63 bits per heavy atom. The van der Waals surface area contributed by atoms with Crippen LogP contribution in [0.3, 0.4) is 0 Å². The molecule has 3 nitrogen and oxygen atoms in total. The third-order valence-corrected chi connectivity index (χ3v) is 3.37. The number of halogens is 1. The largest absolute Gasteiger partial charge is 0.372 e. The van der Waals surface area contributed by atoms with Crippen LogP contribution in [0, 0.1) is 5.82 Å². The Bertz CT molecular complexity index is 415. The third kappa shape index (κ3) is 3.45. The summed E-state index contributed by atoms with van der Waals surface area (Å²) >= 11 is 0. The van der Waals surface area contributed by atoms with Gasteiger partial charge in [0.15, 0.2) is 0 Å². The number of anilines is 1. The van der Waals surface area contributed by atoms with Crippen LogP contribution in [0.5, 0.6) is 0 Å². The minimum Gasteiger partial charge on any atom is -0.372 e. The van der Waals surface area contributed by atoms with Crippen LogP contribution in [0.25, 0.3) is 0 Å². The summed E-state index contributed by atoms with van der Waals surface area (Å²) in [4.78, 5) is 2.11. The van der Waals surface area contributed by atoms with E-state index in [1.807, 2.05) is 19.9 Å². The molecule has 4 heteroatoms. The van der Waals surface area contributed by atoms with Gasteiger partial charge in [-0.05, 0) is 32.0 Å². The molecule has 0 unspecified atom stereocenters. The molecule has 1 N–H and O–H groups in total. The first kappa shape index (κ1) is 14.3. The lowest BCUT2D eigenvalue weighted by Crippen LogP contribution is -2.46. The number of nitrogens with one attached hydrogen (secondary N) is 1. The van der Waals surface area contributed by atoms with Gasteiger partial charge in [0, 0.05) is 19.6 Å². The summed E-state index contributed by atoms with van der Waals surface area (Å²) in [5.74, 6) is -0.142. The molecule has 0 aliphatic carbocycles. The summed E-state index contributed by atoms with van der Waals surface area (Å²) in [6, 6.07) is 5.31. The molecule has 1 aliphatic heterocycles. The zero-order chi connectivity index (χ0) is 13.8. The van der Waals surface area contributed by atoms with Crippen LogP contribution in [0.15, 0.2) is 18.2 Å². The third-order valence-electron chi connectivity index (χ3n) is 3.37. The van der Waals surface area contributed by atoms with Gasteiger partial charge in [0.1, 0.15) is 5.82 Å². The Labute approximate surface area is 114 Å². The van der Waals surface area contributed by atoms with Crippen LogP contribution in [0.4, 0.5) is 10.1 Å².